The Morgan fingerprint density at radius 2 is 2.12 bits per heavy atom. The molecule has 0 atom stereocenters. The van der Waals surface area contributed by atoms with Crippen molar-refractivity contribution < 1.29 is 14.3 Å². The molecule has 0 fully saturated rings. The van der Waals surface area contributed by atoms with Crippen LogP contribution in [-0.4, -0.2) is 33.8 Å². The van der Waals surface area contributed by atoms with E-state index in [-0.39, 0.29) is 12.6 Å². The van der Waals surface area contributed by atoms with Crippen molar-refractivity contribution in [2.45, 2.75) is 12.8 Å². The molecular formula is C17H23N3O3S. The predicted octanol–water partition coefficient (Wildman–Crippen LogP) is 2.37. The highest BCUT2D eigenvalue weighted by atomic mass is 32.1. The molecule has 6 nitrogen and oxygen atoms in total. The largest absolute Gasteiger partial charge is 0.501 e. The Bertz CT molecular complexity index is 689. The summed E-state index contributed by atoms with van der Waals surface area (Å²) >= 11 is 1.52. The number of allylic oxidation sites excluding steroid dienone is 4. The van der Waals surface area contributed by atoms with E-state index in [1.54, 1.807) is 21.3 Å². The SMILES string of the molecule is CNC(=O)c1cc(CC2=CC=C(OC)CC=C2OC)sc1NCN. The molecule has 1 aromatic rings. The molecule has 0 bridgehead atoms. The zero-order valence-electron chi connectivity index (χ0n) is 14.1. The van der Waals surface area contributed by atoms with E-state index in [2.05, 4.69) is 10.6 Å². The Kier molecular flexibility index (Phi) is 6.45. The van der Waals surface area contributed by atoms with Gasteiger partial charge in [0.25, 0.3) is 5.91 Å². The maximum Gasteiger partial charge on any atom is 0.254 e. The lowest BCUT2D eigenvalue weighted by molar-refractivity contribution is 0.0964. The van der Waals surface area contributed by atoms with Crippen LogP contribution in [0.3, 0.4) is 0 Å². The van der Waals surface area contributed by atoms with Crippen LogP contribution in [0.5, 0.6) is 0 Å². The van der Waals surface area contributed by atoms with Gasteiger partial charge in [0.1, 0.15) is 10.8 Å². The van der Waals surface area contributed by atoms with Gasteiger partial charge < -0.3 is 25.8 Å². The first kappa shape index (κ1) is 18.1. The Balaban J connectivity index is 2.30. The first-order valence-corrected chi connectivity index (χ1v) is 8.41. The zero-order valence-corrected chi connectivity index (χ0v) is 15.0. The van der Waals surface area contributed by atoms with Crippen LogP contribution < -0.4 is 16.4 Å². The van der Waals surface area contributed by atoms with Crippen molar-refractivity contribution in [3.63, 3.8) is 0 Å². The lowest BCUT2D eigenvalue weighted by Crippen LogP contribution is -2.19. The Morgan fingerprint density at radius 3 is 2.75 bits per heavy atom. The third kappa shape index (κ3) is 4.18. The van der Waals surface area contributed by atoms with Gasteiger partial charge in [0.15, 0.2) is 0 Å². The number of carbonyl (C=O) groups is 1. The van der Waals surface area contributed by atoms with Gasteiger partial charge in [-0.05, 0) is 23.8 Å². The summed E-state index contributed by atoms with van der Waals surface area (Å²) in [7, 11) is 4.93. The fourth-order valence-electron chi connectivity index (χ4n) is 2.42. The summed E-state index contributed by atoms with van der Waals surface area (Å²) in [5, 5.41) is 6.47. The van der Waals surface area contributed by atoms with E-state index in [4.69, 9.17) is 15.2 Å². The number of carbonyl (C=O) groups excluding carboxylic acids is 1. The Hall–Kier alpha value is -2.25. The molecule has 130 valence electrons. The van der Waals surface area contributed by atoms with Gasteiger partial charge in [-0.15, -0.1) is 11.3 Å². The normalized spacial score (nSPS) is 14.1. The van der Waals surface area contributed by atoms with Crippen molar-refractivity contribution in [3.8, 4) is 0 Å². The van der Waals surface area contributed by atoms with Gasteiger partial charge in [-0.3, -0.25) is 4.79 Å². The van der Waals surface area contributed by atoms with E-state index >= 15 is 0 Å². The number of ether oxygens (including phenoxy) is 2. The van der Waals surface area contributed by atoms with Crippen molar-refractivity contribution in [2.75, 3.05) is 33.3 Å². The average Bonchev–Trinajstić information content (AvgIpc) is 2.87. The Morgan fingerprint density at radius 1 is 1.33 bits per heavy atom. The number of nitrogens with one attached hydrogen (secondary N) is 2. The molecule has 1 aliphatic rings. The van der Waals surface area contributed by atoms with E-state index in [0.717, 1.165) is 27.0 Å². The summed E-state index contributed by atoms with van der Waals surface area (Å²) in [6.45, 7) is 0.274. The molecule has 0 aromatic carbocycles. The van der Waals surface area contributed by atoms with E-state index < -0.39 is 0 Å². The summed E-state index contributed by atoms with van der Waals surface area (Å²) in [5.74, 6) is 1.57. The summed E-state index contributed by atoms with van der Waals surface area (Å²) in [5.41, 5.74) is 7.20. The summed E-state index contributed by atoms with van der Waals surface area (Å²) in [6.07, 6.45) is 7.29. The van der Waals surface area contributed by atoms with Crippen molar-refractivity contribution in [1.82, 2.24) is 5.32 Å². The van der Waals surface area contributed by atoms with Crippen LogP contribution in [0.25, 0.3) is 0 Å². The number of thiophene rings is 1. The number of amides is 1. The highest BCUT2D eigenvalue weighted by Gasteiger charge is 2.17. The molecule has 24 heavy (non-hydrogen) atoms. The molecule has 0 saturated carbocycles. The van der Waals surface area contributed by atoms with Gasteiger partial charge in [0.05, 0.1) is 32.2 Å². The van der Waals surface area contributed by atoms with Crippen LogP contribution >= 0.6 is 11.3 Å². The van der Waals surface area contributed by atoms with Crippen LogP contribution in [0, 0.1) is 0 Å². The number of anilines is 1. The van der Waals surface area contributed by atoms with Crippen molar-refractivity contribution in [1.29, 1.82) is 0 Å². The lowest BCUT2D eigenvalue weighted by Gasteiger charge is -2.08. The minimum Gasteiger partial charge on any atom is -0.501 e. The second-order valence-electron chi connectivity index (χ2n) is 5.10. The Labute approximate surface area is 146 Å². The first-order valence-electron chi connectivity index (χ1n) is 7.59. The maximum absolute atomic E-state index is 12.0. The molecule has 2 rings (SSSR count). The quantitative estimate of drug-likeness (QED) is 0.658. The van der Waals surface area contributed by atoms with Gasteiger partial charge in [-0.1, -0.05) is 6.08 Å². The topological polar surface area (TPSA) is 85.6 Å². The van der Waals surface area contributed by atoms with Gasteiger partial charge in [-0.2, -0.15) is 0 Å². The number of hydrogen-bond acceptors (Lipinski definition) is 6. The molecule has 1 heterocycles. The van der Waals surface area contributed by atoms with Gasteiger partial charge in [-0.25, -0.2) is 0 Å². The zero-order chi connectivity index (χ0) is 17.5. The van der Waals surface area contributed by atoms with Crippen LogP contribution in [0.4, 0.5) is 5.00 Å². The van der Waals surface area contributed by atoms with Crippen molar-refractivity contribution >= 4 is 22.2 Å². The molecule has 1 aromatic heterocycles. The van der Waals surface area contributed by atoms with Gasteiger partial charge in [0.2, 0.25) is 0 Å². The van der Waals surface area contributed by atoms with Crippen LogP contribution in [-0.2, 0) is 15.9 Å². The van der Waals surface area contributed by atoms with Gasteiger partial charge >= 0.3 is 0 Å². The van der Waals surface area contributed by atoms with Crippen LogP contribution in [0.1, 0.15) is 21.7 Å². The smallest absolute Gasteiger partial charge is 0.254 e. The maximum atomic E-state index is 12.0. The molecule has 0 radical (unpaired) electrons. The second kappa shape index (κ2) is 8.56. The first-order chi connectivity index (χ1) is 11.6. The molecular weight excluding hydrogens is 326 g/mol. The molecule has 1 aliphatic carbocycles. The van der Waals surface area contributed by atoms with Crippen LogP contribution in [0.15, 0.2) is 41.4 Å². The standard InChI is InChI=1S/C17H23N3O3S/c1-19-16(21)14-9-13(24-17(14)20-10-18)8-11-4-5-12(22-2)6-7-15(11)23-3/h4-5,7,9,20H,6,8,10,18H2,1-3H3,(H,19,21). The number of methoxy groups -OCH3 is 2. The predicted molar refractivity (Wildman–Crippen MR) is 97.0 cm³/mol. The van der Waals surface area contributed by atoms with Crippen molar-refractivity contribution in [2.24, 2.45) is 5.73 Å². The third-order valence-electron chi connectivity index (χ3n) is 3.64. The van der Waals surface area contributed by atoms with E-state index in [1.165, 1.54) is 11.3 Å². The summed E-state index contributed by atoms with van der Waals surface area (Å²) in [6, 6.07) is 1.89. The molecule has 0 aliphatic heterocycles. The monoisotopic (exact) mass is 349 g/mol. The summed E-state index contributed by atoms with van der Waals surface area (Å²) < 4.78 is 10.8. The van der Waals surface area contributed by atoms with E-state index in [0.29, 0.717) is 18.4 Å². The molecule has 7 heteroatoms. The lowest BCUT2D eigenvalue weighted by atomic mass is 10.1. The molecule has 0 saturated heterocycles. The second-order valence-corrected chi connectivity index (χ2v) is 6.23. The molecule has 0 unspecified atom stereocenters. The highest BCUT2D eigenvalue weighted by Crippen LogP contribution is 2.32. The van der Waals surface area contributed by atoms with Crippen molar-refractivity contribution in [3.05, 3.63) is 51.8 Å². The average molecular weight is 349 g/mol. The van der Waals surface area contributed by atoms with E-state index in [1.807, 2.05) is 24.3 Å². The van der Waals surface area contributed by atoms with E-state index in [9.17, 15) is 4.79 Å². The fourth-order valence-corrected chi connectivity index (χ4v) is 3.51. The number of hydrogen-bond donors (Lipinski definition) is 3. The number of rotatable bonds is 7. The highest BCUT2D eigenvalue weighted by molar-refractivity contribution is 7.16. The molecule has 0 spiro atoms. The third-order valence-corrected chi connectivity index (χ3v) is 4.73. The van der Waals surface area contributed by atoms with Crippen LogP contribution in [0.2, 0.25) is 0 Å². The van der Waals surface area contributed by atoms with Gasteiger partial charge in [0, 0.05) is 24.8 Å². The fraction of sp³-hybridized carbons (Fsp3) is 0.353. The summed E-state index contributed by atoms with van der Waals surface area (Å²) in [4.78, 5) is 13.1. The molecule has 1 amide bonds. The number of nitrogens with two attached hydrogens (primary N) is 1. The minimum absolute atomic E-state index is 0.132. The minimum atomic E-state index is -0.132. The molecule has 4 N–H and O–H groups in total.